The predicted molar refractivity (Wildman–Crippen MR) is 148 cm³/mol. The van der Waals surface area contributed by atoms with Crippen molar-refractivity contribution in [2.24, 2.45) is 0 Å². The minimum atomic E-state index is -4.08. The first-order valence-electron chi connectivity index (χ1n) is 13.4. The van der Waals surface area contributed by atoms with Crippen LogP contribution in [0.1, 0.15) is 45.0 Å². The number of hydrogen-bond donors (Lipinski definition) is 1. The Morgan fingerprint density at radius 3 is 2.41 bits per heavy atom. The van der Waals surface area contributed by atoms with Gasteiger partial charge < -0.3 is 23.8 Å². The molecule has 2 aromatic heterocycles. The number of anilines is 2. The molecule has 222 valence electrons. The summed E-state index contributed by atoms with van der Waals surface area (Å²) in [6.45, 7) is 4.73. The standard InChI is InChI=1S/C26H34FN7O6S/c1-16(2)40-18-11-19(15-33(14-18)25-28-12-17(27)13-29-25)41(35,36)32-26-31-30-24(22-9-6-10-39-22)34(26)23-20(37-3)7-5-8-21(23)38-4/h5,7-8,12-13,16,18-19,22H,6,9-11,14-15H2,1-4H3,(H,31,32)/t18?,19?,22-/m1/s1. The van der Waals surface area contributed by atoms with Gasteiger partial charge in [-0.2, -0.15) is 0 Å². The topological polar surface area (TPSA) is 143 Å². The lowest BCUT2D eigenvalue weighted by Gasteiger charge is -2.37. The molecule has 0 radical (unpaired) electrons. The highest BCUT2D eigenvalue weighted by Crippen LogP contribution is 2.39. The van der Waals surface area contributed by atoms with Crippen molar-refractivity contribution in [2.45, 2.75) is 56.7 Å². The minimum Gasteiger partial charge on any atom is -0.494 e. The molecule has 2 unspecified atom stereocenters. The lowest BCUT2D eigenvalue weighted by Crippen LogP contribution is -2.51. The number of rotatable bonds is 10. The van der Waals surface area contributed by atoms with Crippen molar-refractivity contribution >= 4 is 21.9 Å². The van der Waals surface area contributed by atoms with Crippen LogP contribution in [0.5, 0.6) is 11.5 Å². The zero-order valence-corrected chi connectivity index (χ0v) is 24.2. The molecule has 0 saturated carbocycles. The van der Waals surface area contributed by atoms with E-state index in [0.717, 1.165) is 18.8 Å². The first kappa shape index (κ1) is 29.0. The van der Waals surface area contributed by atoms with Crippen LogP contribution in [0.3, 0.4) is 0 Å². The highest BCUT2D eigenvalue weighted by molar-refractivity contribution is 7.93. The van der Waals surface area contributed by atoms with Gasteiger partial charge >= 0.3 is 0 Å². The van der Waals surface area contributed by atoms with E-state index in [2.05, 4.69) is 24.9 Å². The average molecular weight is 592 g/mol. The Kier molecular flexibility index (Phi) is 8.56. The number of sulfonamides is 1. The lowest BCUT2D eigenvalue weighted by atomic mass is 10.1. The van der Waals surface area contributed by atoms with Crippen LogP contribution in [-0.2, 0) is 19.5 Å². The first-order chi connectivity index (χ1) is 19.7. The van der Waals surface area contributed by atoms with Gasteiger partial charge in [-0.05, 0) is 45.2 Å². The number of ether oxygens (including phenoxy) is 4. The highest BCUT2D eigenvalue weighted by Gasteiger charge is 2.39. The maximum absolute atomic E-state index is 14.0. The lowest BCUT2D eigenvalue weighted by molar-refractivity contribution is 0.00147. The van der Waals surface area contributed by atoms with Crippen LogP contribution >= 0.6 is 0 Å². The van der Waals surface area contributed by atoms with Crippen LogP contribution in [-0.4, -0.2) is 84.5 Å². The van der Waals surface area contributed by atoms with Crippen LogP contribution in [0, 0.1) is 5.82 Å². The van der Waals surface area contributed by atoms with Crippen LogP contribution in [0.25, 0.3) is 5.69 Å². The van der Waals surface area contributed by atoms with Gasteiger partial charge in [0, 0.05) is 19.7 Å². The molecule has 2 saturated heterocycles. The van der Waals surface area contributed by atoms with Crippen molar-refractivity contribution in [1.29, 1.82) is 0 Å². The van der Waals surface area contributed by atoms with E-state index in [1.165, 1.54) is 14.2 Å². The van der Waals surface area contributed by atoms with Gasteiger partial charge in [-0.3, -0.25) is 9.29 Å². The summed E-state index contributed by atoms with van der Waals surface area (Å²) in [4.78, 5) is 9.80. The summed E-state index contributed by atoms with van der Waals surface area (Å²) >= 11 is 0. The molecule has 0 amide bonds. The number of methoxy groups -OCH3 is 2. The molecular weight excluding hydrogens is 557 g/mol. The number of hydrogen-bond acceptors (Lipinski definition) is 11. The van der Waals surface area contributed by atoms with Gasteiger partial charge in [0.15, 0.2) is 11.6 Å². The van der Waals surface area contributed by atoms with Gasteiger partial charge in [0.25, 0.3) is 0 Å². The fraction of sp³-hybridized carbons (Fsp3) is 0.538. The average Bonchev–Trinajstić information content (AvgIpc) is 3.62. The van der Waals surface area contributed by atoms with Crippen molar-refractivity contribution in [2.75, 3.05) is 43.5 Å². The minimum absolute atomic E-state index is 0.0326. The van der Waals surface area contributed by atoms with Crippen LogP contribution < -0.4 is 19.1 Å². The van der Waals surface area contributed by atoms with Crippen molar-refractivity contribution < 1.29 is 31.8 Å². The van der Waals surface area contributed by atoms with Crippen LogP contribution in [0.2, 0.25) is 0 Å². The highest BCUT2D eigenvalue weighted by atomic mass is 32.2. The second-order valence-corrected chi connectivity index (χ2v) is 12.1. The molecule has 2 fully saturated rings. The number of nitrogens with zero attached hydrogens (tertiary/aromatic N) is 6. The van der Waals surface area contributed by atoms with Gasteiger partial charge in [-0.25, -0.2) is 22.8 Å². The van der Waals surface area contributed by atoms with Crippen molar-refractivity contribution in [3.05, 3.63) is 42.2 Å². The Bertz CT molecular complexity index is 1420. The second-order valence-electron chi connectivity index (χ2n) is 10.1. The van der Waals surface area contributed by atoms with Gasteiger partial charge in [0.2, 0.25) is 21.9 Å². The molecule has 3 atom stereocenters. The maximum Gasteiger partial charge on any atom is 0.243 e. The predicted octanol–water partition coefficient (Wildman–Crippen LogP) is 2.88. The Balaban J connectivity index is 1.52. The summed E-state index contributed by atoms with van der Waals surface area (Å²) in [6, 6.07) is 5.25. The largest absolute Gasteiger partial charge is 0.494 e. The number of halogens is 1. The van der Waals surface area contributed by atoms with E-state index in [-0.39, 0.29) is 37.1 Å². The molecule has 1 N–H and O–H groups in total. The molecule has 4 heterocycles. The summed E-state index contributed by atoms with van der Waals surface area (Å²) in [5, 5.41) is 7.64. The zero-order chi connectivity index (χ0) is 29.1. The summed E-state index contributed by atoms with van der Waals surface area (Å²) in [7, 11) is -1.05. The second kappa shape index (κ2) is 12.1. The quantitative estimate of drug-likeness (QED) is 0.372. The molecule has 0 spiro atoms. The summed E-state index contributed by atoms with van der Waals surface area (Å²) < 4.78 is 68.8. The molecule has 5 rings (SSSR count). The van der Waals surface area contributed by atoms with E-state index in [4.69, 9.17) is 18.9 Å². The van der Waals surface area contributed by atoms with Crippen LogP contribution in [0.15, 0.2) is 30.6 Å². The number of nitrogens with one attached hydrogen (secondary N) is 1. The smallest absolute Gasteiger partial charge is 0.243 e. The monoisotopic (exact) mass is 591 g/mol. The summed E-state index contributed by atoms with van der Waals surface area (Å²) in [6.07, 6.45) is 2.89. The Hall–Kier alpha value is -3.56. The molecule has 3 aromatic rings. The zero-order valence-electron chi connectivity index (χ0n) is 23.4. The number of aromatic nitrogens is 5. The summed E-state index contributed by atoms with van der Waals surface area (Å²) in [5.74, 6) is 0.896. The van der Waals surface area contributed by atoms with Gasteiger partial charge in [-0.1, -0.05) is 6.07 Å². The third-order valence-corrected chi connectivity index (χ3v) is 8.62. The first-order valence-corrected chi connectivity index (χ1v) is 14.9. The molecule has 2 aliphatic heterocycles. The Morgan fingerprint density at radius 2 is 1.80 bits per heavy atom. The molecule has 13 nitrogen and oxygen atoms in total. The van der Waals surface area contributed by atoms with Gasteiger partial charge in [0.1, 0.15) is 28.5 Å². The normalized spacial score (nSPS) is 21.3. The molecule has 2 aliphatic rings. The van der Waals surface area contributed by atoms with Gasteiger partial charge in [0.05, 0.1) is 38.8 Å². The summed E-state index contributed by atoms with van der Waals surface area (Å²) in [5.41, 5.74) is 0.441. The van der Waals surface area contributed by atoms with E-state index in [1.807, 2.05) is 13.8 Å². The van der Waals surface area contributed by atoms with Gasteiger partial charge in [-0.15, -0.1) is 10.2 Å². The number of piperidine rings is 1. The van der Waals surface area contributed by atoms with E-state index >= 15 is 0 Å². The molecule has 1 aromatic carbocycles. The van der Waals surface area contributed by atoms with E-state index < -0.39 is 27.2 Å². The SMILES string of the molecule is COc1cccc(OC)c1-n1c(NS(=O)(=O)C2CC(OC(C)C)CN(c3ncc(F)cn3)C2)nnc1[C@H]1CCCO1. The van der Waals surface area contributed by atoms with Crippen molar-refractivity contribution in [3.8, 4) is 17.2 Å². The Labute approximate surface area is 238 Å². The number of benzene rings is 1. The van der Waals surface area contributed by atoms with E-state index in [1.54, 1.807) is 27.7 Å². The third-order valence-electron chi connectivity index (χ3n) is 6.93. The van der Waals surface area contributed by atoms with Crippen molar-refractivity contribution in [3.63, 3.8) is 0 Å². The van der Waals surface area contributed by atoms with E-state index in [0.29, 0.717) is 42.6 Å². The molecular formula is C26H34FN7O6S. The molecule has 15 heteroatoms. The maximum atomic E-state index is 14.0. The Morgan fingerprint density at radius 1 is 1.10 bits per heavy atom. The fourth-order valence-corrected chi connectivity index (χ4v) is 6.58. The molecule has 41 heavy (non-hydrogen) atoms. The van der Waals surface area contributed by atoms with Crippen molar-refractivity contribution in [1.82, 2.24) is 24.7 Å². The fourth-order valence-electron chi connectivity index (χ4n) is 5.18. The molecule has 0 bridgehead atoms. The van der Waals surface area contributed by atoms with Crippen LogP contribution in [0.4, 0.5) is 16.3 Å². The molecule has 0 aliphatic carbocycles. The third kappa shape index (κ3) is 6.21. The van der Waals surface area contributed by atoms with E-state index in [9.17, 15) is 12.8 Å². The number of para-hydroxylation sites is 1.